The first kappa shape index (κ1) is 14.2. The molecular weight excluding hydrogens is 320 g/mol. The van der Waals surface area contributed by atoms with Crippen LogP contribution < -0.4 is 0 Å². The van der Waals surface area contributed by atoms with Crippen molar-refractivity contribution in [2.75, 3.05) is 0 Å². The van der Waals surface area contributed by atoms with Crippen molar-refractivity contribution in [3.63, 3.8) is 0 Å². The molecule has 2 aromatic rings. The predicted octanol–water partition coefficient (Wildman–Crippen LogP) is 4.94. The molecular formula is C15H15BrN2S. The van der Waals surface area contributed by atoms with Gasteiger partial charge in [0.1, 0.15) is 5.01 Å². The number of thiazole rings is 1. The van der Waals surface area contributed by atoms with Crippen molar-refractivity contribution in [3.05, 3.63) is 39.3 Å². The first-order valence-corrected chi connectivity index (χ1v) is 7.66. The summed E-state index contributed by atoms with van der Waals surface area (Å²) >= 11 is 5.04. The molecule has 0 amide bonds. The van der Waals surface area contributed by atoms with Gasteiger partial charge in [-0.25, -0.2) is 4.98 Å². The molecule has 0 bridgehead atoms. The second-order valence-electron chi connectivity index (χ2n) is 5.40. The van der Waals surface area contributed by atoms with Crippen LogP contribution in [0.25, 0.3) is 10.6 Å². The topological polar surface area (TPSA) is 36.7 Å². The Morgan fingerprint density at radius 1 is 1.26 bits per heavy atom. The van der Waals surface area contributed by atoms with Gasteiger partial charge in [-0.05, 0) is 26.9 Å². The highest BCUT2D eigenvalue weighted by atomic mass is 79.9. The third-order valence-electron chi connectivity index (χ3n) is 2.89. The molecule has 0 radical (unpaired) electrons. The zero-order chi connectivity index (χ0) is 14.0. The van der Waals surface area contributed by atoms with E-state index >= 15 is 0 Å². The van der Waals surface area contributed by atoms with Gasteiger partial charge < -0.3 is 0 Å². The minimum Gasteiger partial charge on any atom is -0.239 e. The first-order chi connectivity index (χ1) is 8.91. The molecule has 0 N–H and O–H groups in total. The van der Waals surface area contributed by atoms with E-state index in [2.05, 4.69) is 72.0 Å². The number of nitriles is 1. The summed E-state index contributed by atoms with van der Waals surface area (Å²) in [6, 6.07) is 10.6. The monoisotopic (exact) mass is 334 g/mol. The number of nitrogens with zero attached hydrogens (tertiary/aromatic N) is 2. The van der Waals surface area contributed by atoms with Crippen LogP contribution in [-0.4, -0.2) is 4.98 Å². The van der Waals surface area contributed by atoms with Crippen LogP contribution in [0, 0.1) is 11.3 Å². The van der Waals surface area contributed by atoms with E-state index in [1.54, 1.807) is 11.3 Å². The molecule has 0 saturated carbocycles. The van der Waals surface area contributed by atoms with Crippen LogP contribution >= 0.6 is 27.3 Å². The van der Waals surface area contributed by atoms with Crippen molar-refractivity contribution < 1.29 is 0 Å². The highest BCUT2D eigenvalue weighted by Gasteiger charge is 2.14. The molecule has 1 aromatic carbocycles. The predicted molar refractivity (Wildman–Crippen MR) is 83.3 cm³/mol. The Labute approximate surface area is 126 Å². The Morgan fingerprint density at radius 3 is 2.42 bits per heavy atom. The van der Waals surface area contributed by atoms with Crippen molar-refractivity contribution >= 4 is 27.3 Å². The van der Waals surface area contributed by atoms with Gasteiger partial charge in [-0.2, -0.15) is 5.26 Å². The van der Waals surface area contributed by atoms with E-state index in [1.807, 2.05) is 0 Å². The highest BCUT2D eigenvalue weighted by Crippen LogP contribution is 2.33. The second-order valence-corrected chi connectivity index (χ2v) is 7.72. The molecule has 19 heavy (non-hydrogen) atoms. The van der Waals surface area contributed by atoms with Gasteiger partial charge in [-0.1, -0.05) is 45.0 Å². The molecule has 2 rings (SSSR count). The smallest absolute Gasteiger partial charge is 0.124 e. The van der Waals surface area contributed by atoms with Crippen LogP contribution in [0.4, 0.5) is 0 Å². The fraction of sp³-hybridized carbons (Fsp3) is 0.333. The van der Waals surface area contributed by atoms with Gasteiger partial charge >= 0.3 is 0 Å². The third-order valence-corrected chi connectivity index (χ3v) is 4.77. The van der Waals surface area contributed by atoms with E-state index < -0.39 is 0 Å². The van der Waals surface area contributed by atoms with Crippen molar-refractivity contribution in [1.82, 2.24) is 4.98 Å². The quantitative estimate of drug-likeness (QED) is 0.780. The Morgan fingerprint density at radius 2 is 1.89 bits per heavy atom. The fourth-order valence-electron chi connectivity index (χ4n) is 1.75. The van der Waals surface area contributed by atoms with Gasteiger partial charge in [-0.15, -0.1) is 11.3 Å². The summed E-state index contributed by atoms with van der Waals surface area (Å²) < 4.78 is 0.948. The van der Waals surface area contributed by atoms with Gasteiger partial charge in [0.2, 0.25) is 0 Å². The Kier molecular flexibility index (Phi) is 4.07. The standard InChI is InChI=1S/C15H15BrN2S/c1-15(2,3)11-6-4-10(5-7-11)14-18-12(8-9-17)13(16)19-14/h4-7H,8H2,1-3H3. The Bertz CT molecular complexity index is 615. The maximum Gasteiger partial charge on any atom is 0.124 e. The molecule has 98 valence electrons. The summed E-state index contributed by atoms with van der Waals surface area (Å²) in [6.07, 6.45) is 0.344. The number of rotatable bonds is 2. The van der Waals surface area contributed by atoms with Crippen LogP contribution in [-0.2, 0) is 11.8 Å². The highest BCUT2D eigenvalue weighted by molar-refractivity contribution is 9.11. The number of hydrogen-bond donors (Lipinski definition) is 0. The lowest BCUT2D eigenvalue weighted by Gasteiger charge is -2.18. The summed E-state index contributed by atoms with van der Waals surface area (Å²) in [7, 11) is 0. The number of halogens is 1. The largest absolute Gasteiger partial charge is 0.239 e. The second kappa shape index (κ2) is 5.44. The lowest BCUT2D eigenvalue weighted by Crippen LogP contribution is -2.10. The van der Waals surface area contributed by atoms with E-state index in [1.165, 1.54) is 5.56 Å². The first-order valence-electron chi connectivity index (χ1n) is 6.05. The molecule has 0 atom stereocenters. The summed E-state index contributed by atoms with van der Waals surface area (Å²) in [5.74, 6) is 0. The minimum absolute atomic E-state index is 0.161. The van der Waals surface area contributed by atoms with E-state index in [0.717, 1.165) is 20.1 Å². The van der Waals surface area contributed by atoms with Crippen molar-refractivity contribution in [3.8, 4) is 16.6 Å². The van der Waals surface area contributed by atoms with Crippen LogP contribution in [0.2, 0.25) is 0 Å². The van der Waals surface area contributed by atoms with E-state index in [9.17, 15) is 0 Å². The van der Waals surface area contributed by atoms with Gasteiger partial charge in [0.05, 0.1) is 22.0 Å². The lowest BCUT2D eigenvalue weighted by molar-refractivity contribution is 0.590. The Balaban J connectivity index is 2.33. The molecule has 2 nitrogen and oxygen atoms in total. The third kappa shape index (κ3) is 3.23. The normalized spacial score (nSPS) is 11.3. The maximum atomic E-state index is 8.74. The summed E-state index contributed by atoms with van der Waals surface area (Å²) in [4.78, 5) is 4.51. The minimum atomic E-state index is 0.161. The van der Waals surface area contributed by atoms with Gasteiger partial charge in [0, 0.05) is 5.56 Å². The van der Waals surface area contributed by atoms with Crippen LogP contribution in [0.15, 0.2) is 28.1 Å². The van der Waals surface area contributed by atoms with Crippen molar-refractivity contribution in [1.29, 1.82) is 5.26 Å². The SMILES string of the molecule is CC(C)(C)c1ccc(-c2nc(CC#N)c(Br)s2)cc1. The van der Waals surface area contributed by atoms with E-state index in [4.69, 9.17) is 5.26 Å². The molecule has 4 heteroatoms. The summed E-state index contributed by atoms with van der Waals surface area (Å²) in [5.41, 5.74) is 3.39. The molecule has 0 fully saturated rings. The Hall–Kier alpha value is -1.18. The summed E-state index contributed by atoms with van der Waals surface area (Å²) in [6.45, 7) is 6.60. The van der Waals surface area contributed by atoms with Gasteiger partial charge in [0.15, 0.2) is 0 Å². The maximum absolute atomic E-state index is 8.74. The van der Waals surface area contributed by atoms with Crippen LogP contribution in [0.1, 0.15) is 32.0 Å². The molecule has 0 unspecified atom stereocenters. The molecule has 0 spiro atoms. The molecule has 1 aromatic heterocycles. The zero-order valence-corrected chi connectivity index (χ0v) is 13.6. The lowest BCUT2D eigenvalue weighted by atomic mass is 9.87. The van der Waals surface area contributed by atoms with Gasteiger partial charge in [0.25, 0.3) is 0 Å². The fourth-order valence-corrected chi connectivity index (χ4v) is 3.26. The molecule has 0 aliphatic carbocycles. The van der Waals surface area contributed by atoms with E-state index in [0.29, 0.717) is 6.42 Å². The van der Waals surface area contributed by atoms with Crippen LogP contribution in [0.5, 0.6) is 0 Å². The average molecular weight is 335 g/mol. The molecule has 0 aliphatic rings. The van der Waals surface area contributed by atoms with Crippen molar-refractivity contribution in [2.24, 2.45) is 0 Å². The number of benzene rings is 1. The zero-order valence-electron chi connectivity index (χ0n) is 11.2. The number of aromatic nitrogens is 1. The number of hydrogen-bond acceptors (Lipinski definition) is 3. The van der Waals surface area contributed by atoms with E-state index in [-0.39, 0.29) is 5.41 Å². The summed E-state index contributed by atoms with van der Waals surface area (Å²) in [5, 5.41) is 9.70. The molecule has 0 aliphatic heterocycles. The molecule has 1 heterocycles. The van der Waals surface area contributed by atoms with Gasteiger partial charge in [-0.3, -0.25) is 0 Å². The molecule has 0 saturated heterocycles. The van der Waals surface area contributed by atoms with Crippen LogP contribution in [0.3, 0.4) is 0 Å². The average Bonchev–Trinajstić information content (AvgIpc) is 2.71. The van der Waals surface area contributed by atoms with Crippen molar-refractivity contribution in [2.45, 2.75) is 32.6 Å².